The molecule has 1 saturated carbocycles. The maximum Gasteiger partial charge on any atom is 0.422 e. The molecule has 1 aromatic heterocycles. The van der Waals surface area contributed by atoms with Crippen LogP contribution < -0.4 is 9.46 Å². The van der Waals surface area contributed by atoms with Crippen LogP contribution in [0.3, 0.4) is 0 Å². The summed E-state index contributed by atoms with van der Waals surface area (Å²) in [7, 11) is -2.63. The predicted molar refractivity (Wildman–Crippen MR) is 196 cm³/mol. The zero-order valence-electron chi connectivity index (χ0n) is 30.4. The van der Waals surface area contributed by atoms with Crippen LogP contribution in [0, 0.1) is 6.92 Å². The van der Waals surface area contributed by atoms with E-state index >= 15 is 0 Å². The molecule has 0 spiro atoms. The van der Waals surface area contributed by atoms with E-state index in [1.807, 2.05) is 29.0 Å². The number of carbonyl (C=O) groups excluding carboxylic acids is 1. The van der Waals surface area contributed by atoms with E-state index in [-0.39, 0.29) is 24.3 Å². The van der Waals surface area contributed by atoms with Gasteiger partial charge < -0.3 is 23.9 Å². The lowest BCUT2D eigenvalue weighted by Crippen LogP contribution is -2.47. The molecule has 1 saturated heterocycles. The number of aryl methyl sites for hydroxylation is 1. The number of benzene rings is 2. The second-order valence-electron chi connectivity index (χ2n) is 15.2. The number of nitrogens with one attached hydrogen (secondary N) is 1. The van der Waals surface area contributed by atoms with Crippen LogP contribution in [0.25, 0.3) is 22.2 Å². The standard InChI is InChI=1S/C38H52N4O8S/c1-25-11-9-15-32-33(25)35-34(26-12-7-6-8-13-26)30-17-16-27(36(43)44)21-31(30)42(35)22-29(24-49-32)48-23-28-14-10-18-41(28)20-19-40(5)51(46,47)39-37(45)50-38(2,3)4/h9,11,15-17,21,26,28-29H,6-8,10,12-14,18-20,22-24H2,1-5H3,(H,39,45)(H,43,44)/t28?,29-/m0/s1. The van der Waals surface area contributed by atoms with E-state index in [0.29, 0.717) is 32.2 Å². The smallest absolute Gasteiger partial charge is 0.422 e. The first-order valence-corrected chi connectivity index (χ1v) is 19.6. The lowest BCUT2D eigenvalue weighted by Gasteiger charge is -2.31. The molecule has 1 aliphatic carbocycles. The Bertz CT molecular complexity index is 1860. The second-order valence-corrected chi connectivity index (χ2v) is 17.0. The van der Waals surface area contributed by atoms with Gasteiger partial charge in [0, 0.05) is 42.6 Å². The van der Waals surface area contributed by atoms with Crippen LogP contribution >= 0.6 is 0 Å². The van der Waals surface area contributed by atoms with Crippen molar-refractivity contribution in [3.05, 3.63) is 53.1 Å². The number of aromatic nitrogens is 1. The third-order valence-electron chi connectivity index (χ3n) is 10.4. The molecule has 12 nitrogen and oxygen atoms in total. The Morgan fingerprint density at radius 3 is 2.57 bits per heavy atom. The van der Waals surface area contributed by atoms with Crippen molar-refractivity contribution in [3.8, 4) is 17.0 Å². The van der Waals surface area contributed by atoms with Gasteiger partial charge >= 0.3 is 22.3 Å². The number of hydrogen-bond donors (Lipinski definition) is 2. The molecule has 0 radical (unpaired) electrons. The number of fused-ring (bicyclic) bond motifs is 5. The van der Waals surface area contributed by atoms with Crippen LogP contribution in [-0.2, 0) is 26.2 Å². The molecule has 1 amide bonds. The van der Waals surface area contributed by atoms with E-state index in [4.69, 9.17) is 14.2 Å². The number of ether oxygens (including phenoxy) is 3. The van der Waals surface area contributed by atoms with Gasteiger partial charge in [0.2, 0.25) is 0 Å². The molecular formula is C38H52N4O8S. The van der Waals surface area contributed by atoms with Gasteiger partial charge in [0.1, 0.15) is 24.1 Å². The van der Waals surface area contributed by atoms with Gasteiger partial charge in [-0.3, -0.25) is 4.90 Å². The SMILES string of the molecule is Cc1cccc2c1-c1c(C3CCCCC3)c3ccc(C(=O)O)cc3n1C[C@H](OCC1CCCN1CCN(C)S(=O)(=O)NC(=O)OC(C)(C)C)CO2. The summed E-state index contributed by atoms with van der Waals surface area (Å²) in [6.45, 7) is 9.86. The number of carboxylic acid groups (broad SMARTS) is 1. The Labute approximate surface area is 301 Å². The number of nitrogens with zero attached hydrogens (tertiary/aromatic N) is 3. The van der Waals surface area contributed by atoms with Gasteiger partial charge in [-0.05, 0) is 95.2 Å². The number of hydrogen-bond acceptors (Lipinski definition) is 8. The van der Waals surface area contributed by atoms with Crippen molar-refractivity contribution in [3.63, 3.8) is 0 Å². The molecular weight excluding hydrogens is 673 g/mol. The predicted octanol–water partition coefficient (Wildman–Crippen LogP) is 6.31. The molecule has 3 aromatic rings. The normalized spacial score (nSPS) is 20.4. The molecule has 2 atom stereocenters. The van der Waals surface area contributed by atoms with Crippen molar-refractivity contribution in [2.45, 2.75) is 103 Å². The number of amides is 1. The molecule has 2 aromatic carbocycles. The van der Waals surface area contributed by atoms with Gasteiger partial charge in [0.15, 0.2) is 0 Å². The lowest BCUT2D eigenvalue weighted by molar-refractivity contribution is -0.0142. The highest BCUT2D eigenvalue weighted by atomic mass is 32.2. The maximum absolute atomic E-state index is 12.8. The van der Waals surface area contributed by atoms with Crippen molar-refractivity contribution >= 4 is 33.2 Å². The van der Waals surface area contributed by atoms with E-state index in [1.54, 1.807) is 26.8 Å². The number of carboxylic acids is 1. The average molecular weight is 725 g/mol. The largest absolute Gasteiger partial charge is 0.490 e. The first-order chi connectivity index (χ1) is 24.2. The van der Waals surface area contributed by atoms with E-state index < -0.39 is 27.9 Å². The maximum atomic E-state index is 12.8. The van der Waals surface area contributed by atoms with Crippen molar-refractivity contribution in [1.82, 2.24) is 18.5 Å². The highest BCUT2D eigenvalue weighted by molar-refractivity contribution is 7.87. The summed E-state index contributed by atoms with van der Waals surface area (Å²) in [5, 5.41) is 11.1. The van der Waals surface area contributed by atoms with Crippen molar-refractivity contribution < 1.29 is 37.3 Å². The van der Waals surface area contributed by atoms with Crippen LogP contribution in [0.4, 0.5) is 4.79 Å². The molecule has 2 aliphatic heterocycles. The number of carbonyl (C=O) groups is 2. The summed E-state index contributed by atoms with van der Waals surface area (Å²) in [4.78, 5) is 26.5. The van der Waals surface area contributed by atoms with E-state index in [2.05, 4.69) is 22.5 Å². The summed E-state index contributed by atoms with van der Waals surface area (Å²) in [6.07, 6.45) is 6.32. The summed E-state index contributed by atoms with van der Waals surface area (Å²) in [5.74, 6) is 0.216. The minimum Gasteiger partial charge on any atom is -0.490 e. The fraction of sp³-hybridized carbons (Fsp3) is 0.579. The second kappa shape index (κ2) is 15.1. The topological polar surface area (TPSA) is 140 Å². The van der Waals surface area contributed by atoms with Gasteiger partial charge in [0.25, 0.3) is 0 Å². The average Bonchev–Trinajstić information content (AvgIpc) is 3.64. The van der Waals surface area contributed by atoms with Gasteiger partial charge in [-0.25, -0.2) is 14.3 Å². The Morgan fingerprint density at radius 1 is 1.08 bits per heavy atom. The number of likely N-dealkylation sites (tertiary alicyclic amines) is 1. The van der Waals surface area contributed by atoms with Crippen molar-refractivity contribution in [2.75, 3.05) is 39.9 Å². The van der Waals surface area contributed by atoms with Crippen LogP contribution in [0.15, 0.2) is 36.4 Å². The third kappa shape index (κ3) is 8.37. The summed E-state index contributed by atoms with van der Waals surface area (Å²) in [6, 6.07) is 11.7. The number of rotatable bonds is 10. The molecule has 3 heterocycles. The fourth-order valence-electron chi connectivity index (χ4n) is 7.87. The monoisotopic (exact) mass is 724 g/mol. The van der Waals surface area contributed by atoms with Crippen LogP contribution in [0.1, 0.15) is 93.1 Å². The van der Waals surface area contributed by atoms with Crippen LogP contribution in [-0.4, -0.2) is 97.0 Å². The lowest BCUT2D eigenvalue weighted by atomic mass is 9.81. The minimum atomic E-state index is -4.07. The molecule has 13 heteroatoms. The first kappa shape index (κ1) is 37.1. The molecule has 0 bridgehead atoms. The zero-order valence-corrected chi connectivity index (χ0v) is 31.3. The minimum absolute atomic E-state index is 0.0807. The number of aromatic carboxylic acids is 1. The Kier molecular flexibility index (Phi) is 11.0. The van der Waals surface area contributed by atoms with E-state index in [0.717, 1.165) is 70.0 Å². The van der Waals surface area contributed by atoms with Gasteiger partial charge in [-0.1, -0.05) is 37.5 Å². The van der Waals surface area contributed by atoms with Crippen molar-refractivity contribution in [2.24, 2.45) is 0 Å². The van der Waals surface area contributed by atoms with Crippen LogP contribution in [0.5, 0.6) is 5.75 Å². The third-order valence-corrected chi connectivity index (χ3v) is 11.8. The van der Waals surface area contributed by atoms with Gasteiger partial charge in [-0.2, -0.15) is 12.7 Å². The molecule has 3 aliphatic rings. The van der Waals surface area contributed by atoms with Gasteiger partial charge in [-0.15, -0.1) is 0 Å². The molecule has 6 rings (SSSR count). The first-order valence-electron chi connectivity index (χ1n) is 18.2. The Morgan fingerprint density at radius 2 is 1.84 bits per heavy atom. The number of likely N-dealkylation sites (N-methyl/N-ethyl adjacent to an activating group) is 1. The Hall–Kier alpha value is -3.65. The summed E-state index contributed by atoms with van der Waals surface area (Å²) in [5.41, 5.74) is 4.90. The van der Waals surface area contributed by atoms with Gasteiger partial charge in [0.05, 0.1) is 24.4 Å². The molecule has 1 unspecified atom stereocenters. The molecule has 2 fully saturated rings. The molecule has 278 valence electrons. The zero-order chi connectivity index (χ0) is 36.5. The fourth-order valence-corrected chi connectivity index (χ4v) is 8.60. The van der Waals surface area contributed by atoms with E-state index in [9.17, 15) is 23.1 Å². The van der Waals surface area contributed by atoms with Crippen molar-refractivity contribution in [1.29, 1.82) is 0 Å². The summed E-state index contributed by atoms with van der Waals surface area (Å²) >= 11 is 0. The summed E-state index contributed by atoms with van der Waals surface area (Å²) < 4.78 is 49.3. The highest BCUT2D eigenvalue weighted by Crippen LogP contribution is 2.48. The van der Waals surface area contributed by atoms with E-state index in [1.165, 1.54) is 31.9 Å². The highest BCUT2D eigenvalue weighted by Gasteiger charge is 2.33. The quantitative estimate of drug-likeness (QED) is 0.246. The molecule has 51 heavy (non-hydrogen) atoms. The van der Waals surface area contributed by atoms with Crippen LogP contribution in [0.2, 0.25) is 0 Å². The Balaban J connectivity index is 1.23. The molecule has 2 N–H and O–H groups in total.